The van der Waals surface area contributed by atoms with Crippen molar-refractivity contribution in [3.63, 3.8) is 0 Å². The zero-order chi connectivity index (χ0) is 14.6. The van der Waals surface area contributed by atoms with Crippen molar-refractivity contribution in [3.8, 4) is 5.75 Å². The molecule has 0 aromatic heterocycles. The van der Waals surface area contributed by atoms with Gasteiger partial charge in [-0.25, -0.2) is 17.9 Å². The number of ether oxygens (including phenoxy) is 1. The van der Waals surface area contributed by atoms with E-state index in [1.54, 1.807) is 12.1 Å². The molecule has 0 saturated heterocycles. The van der Waals surface area contributed by atoms with E-state index in [1.807, 2.05) is 0 Å². The van der Waals surface area contributed by atoms with E-state index < -0.39 is 15.4 Å². The quantitative estimate of drug-likeness (QED) is 0.908. The number of nitrogens with two attached hydrogens (primary N) is 1. The lowest BCUT2D eigenvalue weighted by atomic mass is 9.76. The van der Waals surface area contributed by atoms with Gasteiger partial charge in [0.1, 0.15) is 11.6 Å². The van der Waals surface area contributed by atoms with Crippen molar-refractivity contribution in [2.75, 3.05) is 12.4 Å². The molecule has 0 amide bonds. The molecule has 1 aliphatic carbocycles. The van der Waals surface area contributed by atoms with Crippen molar-refractivity contribution in [3.05, 3.63) is 30.1 Å². The molecule has 0 spiro atoms. The molecule has 0 atom stereocenters. The smallest absolute Gasteiger partial charge is 0.209 e. The topological polar surface area (TPSA) is 69.4 Å². The van der Waals surface area contributed by atoms with Crippen molar-refractivity contribution < 1.29 is 17.5 Å². The Kier molecular flexibility index (Phi) is 4.65. The Morgan fingerprint density at radius 2 is 1.75 bits per heavy atom. The standard InChI is InChI=1S/C14H20FNO3S/c15-12-4-6-13(7-5-12)19-10-14(11-20(16,17)18)8-2-1-3-9-14/h4-7H,1-3,8-11H2,(H2,16,17,18). The Hall–Kier alpha value is -1.14. The highest BCUT2D eigenvalue weighted by Gasteiger charge is 2.36. The summed E-state index contributed by atoms with van der Waals surface area (Å²) < 4.78 is 41.4. The number of halogens is 1. The molecule has 1 aliphatic rings. The number of hydrogen-bond acceptors (Lipinski definition) is 3. The minimum atomic E-state index is -3.53. The molecule has 0 radical (unpaired) electrons. The van der Waals surface area contributed by atoms with E-state index in [-0.39, 0.29) is 11.6 Å². The summed E-state index contributed by atoms with van der Waals surface area (Å²) in [5.41, 5.74) is -0.416. The second-order valence-corrected chi connectivity index (χ2v) is 7.22. The van der Waals surface area contributed by atoms with Gasteiger partial charge < -0.3 is 4.74 Å². The van der Waals surface area contributed by atoms with Gasteiger partial charge in [-0.2, -0.15) is 0 Å². The van der Waals surface area contributed by atoms with Crippen LogP contribution in [-0.4, -0.2) is 20.8 Å². The van der Waals surface area contributed by atoms with Crippen molar-refractivity contribution in [1.82, 2.24) is 0 Å². The largest absolute Gasteiger partial charge is 0.493 e. The Balaban J connectivity index is 2.06. The van der Waals surface area contributed by atoms with Gasteiger partial charge in [0.2, 0.25) is 10.0 Å². The van der Waals surface area contributed by atoms with Crippen LogP contribution < -0.4 is 9.88 Å². The predicted octanol–water partition coefficient (Wildman–Crippen LogP) is 2.44. The number of primary sulfonamides is 1. The van der Waals surface area contributed by atoms with Crippen LogP contribution in [0, 0.1) is 11.2 Å². The lowest BCUT2D eigenvalue weighted by Crippen LogP contribution is -2.40. The molecule has 1 fully saturated rings. The average Bonchev–Trinajstić information content (AvgIpc) is 2.37. The van der Waals surface area contributed by atoms with Crippen molar-refractivity contribution in [2.24, 2.45) is 10.6 Å². The summed E-state index contributed by atoms with van der Waals surface area (Å²) >= 11 is 0. The first-order chi connectivity index (χ1) is 9.39. The molecular formula is C14H20FNO3S. The molecule has 1 aromatic rings. The second-order valence-electron chi connectivity index (χ2n) is 5.61. The van der Waals surface area contributed by atoms with Gasteiger partial charge in [0.25, 0.3) is 0 Å². The highest BCUT2D eigenvalue weighted by Crippen LogP contribution is 2.37. The van der Waals surface area contributed by atoms with Crippen LogP contribution in [-0.2, 0) is 10.0 Å². The minimum absolute atomic E-state index is 0.0544. The first-order valence-electron chi connectivity index (χ1n) is 6.78. The van der Waals surface area contributed by atoms with Crippen LogP contribution in [0.1, 0.15) is 32.1 Å². The van der Waals surface area contributed by atoms with Crippen molar-refractivity contribution >= 4 is 10.0 Å². The van der Waals surface area contributed by atoms with E-state index in [9.17, 15) is 12.8 Å². The van der Waals surface area contributed by atoms with Gasteiger partial charge in [-0.15, -0.1) is 0 Å². The summed E-state index contributed by atoms with van der Waals surface area (Å²) in [4.78, 5) is 0. The third-order valence-corrected chi connectivity index (χ3v) is 4.79. The molecular weight excluding hydrogens is 281 g/mol. The van der Waals surface area contributed by atoms with Gasteiger partial charge in [0.05, 0.1) is 12.4 Å². The van der Waals surface area contributed by atoms with E-state index >= 15 is 0 Å². The van der Waals surface area contributed by atoms with Crippen molar-refractivity contribution in [1.29, 1.82) is 0 Å². The average molecular weight is 301 g/mol. The molecule has 1 saturated carbocycles. The SMILES string of the molecule is NS(=O)(=O)CC1(COc2ccc(F)cc2)CCCCC1. The van der Waals surface area contributed by atoms with Gasteiger partial charge in [0, 0.05) is 5.41 Å². The molecule has 0 unspecified atom stereocenters. The maximum Gasteiger partial charge on any atom is 0.209 e. The third-order valence-electron chi connectivity index (χ3n) is 3.78. The Morgan fingerprint density at radius 1 is 1.15 bits per heavy atom. The molecule has 0 bridgehead atoms. The molecule has 6 heteroatoms. The molecule has 2 rings (SSSR count). The monoisotopic (exact) mass is 301 g/mol. The van der Waals surface area contributed by atoms with E-state index in [0.717, 1.165) is 32.1 Å². The van der Waals surface area contributed by atoms with Gasteiger partial charge in [-0.05, 0) is 37.1 Å². The van der Waals surface area contributed by atoms with Crippen molar-refractivity contribution in [2.45, 2.75) is 32.1 Å². The molecule has 0 aliphatic heterocycles. The van der Waals surface area contributed by atoms with Crippen LogP contribution in [0.2, 0.25) is 0 Å². The van der Waals surface area contributed by atoms with Crippen LogP contribution in [0.25, 0.3) is 0 Å². The Bertz CT molecular complexity index is 536. The second kappa shape index (κ2) is 6.10. The fourth-order valence-electron chi connectivity index (χ4n) is 2.83. The van der Waals surface area contributed by atoms with Gasteiger partial charge >= 0.3 is 0 Å². The zero-order valence-corrected chi connectivity index (χ0v) is 12.2. The summed E-state index contributed by atoms with van der Waals surface area (Å²) in [7, 11) is -3.53. The van der Waals surface area contributed by atoms with E-state index in [0.29, 0.717) is 12.4 Å². The normalized spacial score (nSPS) is 18.7. The third kappa shape index (κ3) is 4.45. The first-order valence-corrected chi connectivity index (χ1v) is 8.49. The fraction of sp³-hybridized carbons (Fsp3) is 0.571. The van der Waals surface area contributed by atoms with Gasteiger partial charge in [0.15, 0.2) is 0 Å². The number of hydrogen-bond donors (Lipinski definition) is 1. The highest BCUT2D eigenvalue weighted by molar-refractivity contribution is 7.89. The van der Waals surface area contributed by atoms with Crippen LogP contribution in [0.5, 0.6) is 5.75 Å². The summed E-state index contributed by atoms with van der Waals surface area (Å²) in [6.07, 6.45) is 4.68. The van der Waals surface area contributed by atoms with E-state index in [2.05, 4.69) is 0 Å². The van der Waals surface area contributed by atoms with Gasteiger partial charge in [-0.3, -0.25) is 0 Å². The predicted molar refractivity (Wildman–Crippen MR) is 75.4 cm³/mol. The Morgan fingerprint density at radius 3 is 2.30 bits per heavy atom. The zero-order valence-electron chi connectivity index (χ0n) is 11.3. The fourth-order valence-corrected chi connectivity index (χ4v) is 4.05. The highest BCUT2D eigenvalue weighted by atomic mass is 32.2. The minimum Gasteiger partial charge on any atom is -0.493 e. The summed E-state index contributed by atoms with van der Waals surface area (Å²) in [5, 5.41) is 5.21. The van der Waals surface area contributed by atoms with Crippen LogP contribution in [0.4, 0.5) is 4.39 Å². The first kappa shape index (κ1) is 15.3. The number of sulfonamides is 1. The summed E-state index contributed by atoms with van der Waals surface area (Å²) in [5.74, 6) is 0.168. The number of rotatable bonds is 5. The molecule has 20 heavy (non-hydrogen) atoms. The lowest BCUT2D eigenvalue weighted by molar-refractivity contribution is 0.118. The van der Waals surface area contributed by atoms with Crippen LogP contribution in [0.3, 0.4) is 0 Å². The molecule has 0 heterocycles. The molecule has 112 valence electrons. The summed E-state index contributed by atoms with van der Waals surface area (Å²) in [6, 6.07) is 5.73. The molecule has 1 aromatic carbocycles. The lowest BCUT2D eigenvalue weighted by Gasteiger charge is -2.36. The Labute approximate surface area is 119 Å². The van der Waals surface area contributed by atoms with E-state index in [1.165, 1.54) is 12.1 Å². The summed E-state index contributed by atoms with van der Waals surface area (Å²) in [6.45, 7) is 0.301. The number of benzene rings is 1. The maximum absolute atomic E-state index is 12.8. The van der Waals surface area contributed by atoms with Gasteiger partial charge in [-0.1, -0.05) is 19.3 Å². The van der Waals surface area contributed by atoms with Crippen LogP contribution >= 0.6 is 0 Å². The van der Waals surface area contributed by atoms with E-state index in [4.69, 9.17) is 9.88 Å². The van der Waals surface area contributed by atoms with Crippen LogP contribution in [0.15, 0.2) is 24.3 Å². The molecule has 2 N–H and O–H groups in total. The molecule has 4 nitrogen and oxygen atoms in total. The maximum atomic E-state index is 12.8.